The van der Waals surface area contributed by atoms with Gasteiger partial charge in [0.05, 0.1) is 24.0 Å². The van der Waals surface area contributed by atoms with Crippen molar-refractivity contribution in [3.8, 4) is 34.3 Å². The molecule has 0 amide bonds. The Morgan fingerprint density at radius 2 is 1.83 bits per heavy atom. The third-order valence-corrected chi connectivity index (χ3v) is 5.25. The van der Waals surface area contributed by atoms with E-state index in [-0.39, 0.29) is 29.8 Å². The molecule has 1 heterocycles. The molecule has 30 heavy (non-hydrogen) atoms. The van der Waals surface area contributed by atoms with Crippen molar-refractivity contribution in [2.24, 2.45) is 0 Å². The van der Waals surface area contributed by atoms with Crippen LogP contribution < -0.4 is 9.64 Å². The molecule has 0 unspecified atom stereocenters. The molecule has 0 radical (unpaired) electrons. The van der Waals surface area contributed by atoms with Gasteiger partial charge in [0.2, 0.25) is 0 Å². The summed E-state index contributed by atoms with van der Waals surface area (Å²) in [6.45, 7) is 6.81. The number of hydrogen-bond donors (Lipinski definition) is 3. The maximum Gasteiger partial charge on any atom is 0.193 e. The van der Waals surface area contributed by atoms with Crippen molar-refractivity contribution in [1.82, 2.24) is 14.8 Å². The minimum absolute atomic E-state index is 0. The van der Waals surface area contributed by atoms with Crippen molar-refractivity contribution in [3.63, 3.8) is 0 Å². The average molecular weight is 451 g/mol. The van der Waals surface area contributed by atoms with Crippen LogP contribution in [0.4, 0.5) is 5.69 Å². The molecule has 0 aliphatic rings. The summed E-state index contributed by atoms with van der Waals surface area (Å²) < 4.78 is 7.25. The van der Waals surface area contributed by atoms with Crippen LogP contribution in [0.25, 0.3) is 17.1 Å². The fourth-order valence-corrected chi connectivity index (χ4v) is 3.46. The number of halogens is 1. The number of rotatable bonds is 6. The van der Waals surface area contributed by atoms with E-state index in [2.05, 4.69) is 34.6 Å². The average Bonchev–Trinajstić information content (AvgIpc) is 3.07. The van der Waals surface area contributed by atoms with Gasteiger partial charge >= 0.3 is 0 Å². The Morgan fingerprint density at radius 3 is 2.43 bits per heavy atom. The lowest BCUT2D eigenvalue weighted by Crippen LogP contribution is -2.17. The number of aromatic nitrogens is 3. The Balaban J connectivity index is 0.00000320. The van der Waals surface area contributed by atoms with Crippen molar-refractivity contribution in [2.45, 2.75) is 31.8 Å². The fourth-order valence-electron chi connectivity index (χ4n) is 3.21. The summed E-state index contributed by atoms with van der Waals surface area (Å²) in [6.07, 6.45) is 0. The van der Waals surface area contributed by atoms with Crippen LogP contribution in [0, 0.1) is 0 Å². The molecule has 3 rings (SSSR count). The number of phenols is 2. The first-order valence-electron chi connectivity index (χ1n) is 9.38. The SMILES string of the molecule is CCN(C)c1cc(-n2c(S)nnc2-c2cc(C(C)C)c(O)cc2O)ccc1OC.Cl. The molecule has 0 bridgehead atoms. The van der Waals surface area contributed by atoms with E-state index in [0.717, 1.165) is 23.7 Å². The number of hydrogen-bond acceptors (Lipinski definition) is 7. The Bertz CT molecular complexity index is 1040. The molecule has 9 heteroatoms. The molecule has 2 aromatic carbocycles. The molecular weight excluding hydrogens is 424 g/mol. The summed E-state index contributed by atoms with van der Waals surface area (Å²) in [5, 5.41) is 29.4. The maximum absolute atomic E-state index is 10.5. The van der Waals surface area contributed by atoms with Crippen LogP contribution in [0.15, 0.2) is 35.5 Å². The lowest BCUT2D eigenvalue weighted by molar-refractivity contribution is 0.415. The Morgan fingerprint density at radius 1 is 1.13 bits per heavy atom. The molecular formula is C21H27ClN4O3S. The number of phenolic OH excluding ortho intramolecular Hbond substituents is 2. The molecule has 0 spiro atoms. The number of thiol groups is 1. The highest BCUT2D eigenvalue weighted by molar-refractivity contribution is 7.80. The van der Waals surface area contributed by atoms with Crippen LogP contribution in [0.5, 0.6) is 17.2 Å². The van der Waals surface area contributed by atoms with Gasteiger partial charge in [-0.2, -0.15) is 0 Å². The number of nitrogens with zero attached hydrogens (tertiary/aromatic N) is 4. The van der Waals surface area contributed by atoms with E-state index >= 15 is 0 Å². The minimum atomic E-state index is -0.0757. The van der Waals surface area contributed by atoms with Crippen LogP contribution in [0.2, 0.25) is 0 Å². The van der Waals surface area contributed by atoms with Gasteiger partial charge in [-0.25, -0.2) is 0 Å². The highest BCUT2D eigenvalue weighted by Gasteiger charge is 2.21. The minimum Gasteiger partial charge on any atom is -0.508 e. The van der Waals surface area contributed by atoms with Gasteiger partial charge in [0.25, 0.3) is 0 Å². The largest absolute Gasteiger partial charge is 0.508 e. The number of anilines is 1. The van der Waals surface area contributed by atoms with Crippen molar-refractivity contribution in [3.05, 3.63) is 35.9 Å². The molecule has 0 fully saturated rings. The van der Waals surface area contributed by atoms with E-state index in [9.17, 15) is 10.2 Å². The standard InChI is InChI=1S/C21H26N4O3S.ClH/c1-6-24(4)16-9-13(7-8-19(16)28-5)25-20(22-23-21(25)29)15-10-14(12(2)3)17(26)11-18(15)27;/h7-12,26-27H,6H2,1-5H3,(H,23,29);1H. The lowest BCUT2D eigenvalue weighted by atomic mass is 9.98. The van der Waals surface area contributed by atoms with Crippen LogP contribution in [-0.4, -0.2) is 45.7 Å². The third kappa shape index (κ3) is 4.29. The van der Waals surface area contributed by atoms with Crippen LogP contribution in [-0.2, 0) is 0 Å². The van der Waals surface area contributed by atoms with Gasteiger partial charge in [0.15, 0.2) is 11.0 Å². The summed E-state index contributed by atoms with van der Waals surface area (Å²) >= 11 is 4.47. The lowest BCUT2D eigenvalue weighted by Gasteiger charge is -2.21. The summed E-state index contributed by atoms with van der Waals surface area (Å²) in [5.74, 6) is 1.24. The summed E-state index contributed by atoms with van der Waals surface area (Å²) in [4.78, 5) is 2.07. The van der Waals surface area contributed by atoms with Crippen molar-refractivity contribution in [1.29, 1.82) is 0 Å². The molecule has 0 atom stereocenters. The molecule has 0 saturated heterocycles. The first kappa shape index (κ1) is 23.7. The van der Waals surface area contributed by atoms with Crippen LogP contribution >= 0.6 is 25.0 Å². The molecule has 0 saturated carbocycles. The Kier molecular flexibility index (Phi) is 7.49. The van der Waals surface area contributed by atoms with E-state index in [4.69, 9.17) is 4.74 Å². The van der Waals surface area contributed by atoms with Crippen molar-refractivity contribution < 1.29 is 14.9 Å². The highest BCUT2D eigenvalue weighted by Crippen LogP contribution is 2.39. The van der Waals surface area contributed by atoms with Gasteiger partial charge in [0.1, 0.15) is 17.2 Å². The van der Waals surface area contributed by atoms with E-state index in [0.29, 0.717) is 22.1 Å². The van der Waals surface area contributed by atoms with Gasteiger partial charge in [-0.3, -0.25) is 4.57 Å². The van der Waals surface area contributed by atoms with Gasteiger partial charge in [-0.1, -0.05) is 13.8 Å². The molecule has 0 aliphatic carbocycles. The fraction of sp³-hybridized carbons (Fsp3) is 0.333. The molecule has 1 aromatic heterocycles. The second-order valence-electron chi connectivity index (χ2n) is 7.11. The molecule has 0 aliphatic heterocycles. The zero-order chi connectivity index (χ0) is 21.3. The van der Waals surface area contributed by atoms with E-state index in [1.807, 2.05) is 39.1 Å². The highest BCUT2D eigenvalue weighted by atomic mass is 35.5. The zero-order valence-corrected chi connectivity index (χ0v) is 19.3. The Labute approximate surface area is 188 Å². The summed E-state index contributed by atoms with van der Waals surface area (Å²) in [7, 11) is 3.62. The van der Waals surface area contributed by atoms with E-state index in [1.165, 1.54) is 6.07 Å². The van der Waals surface area contributed by atoms with Gasteiger partial charge in [0, 0.05) is 19.7 Å². The van der Waals surface area contributed by atoms with Crippen LogP contribution in [0.3, 0.4) is 0 Å². The van der Waals surface area contributed by atoms with E-state index < -0.39 is 0 Å². The number of benzene rings is 2. The molecule has 7 nitrogen and oxygen atoms in total. The number of aromatic hydroxyl groups is 2. The van der Waals surface area contributed by atoms with Crippen molar-refractivity contribution in [2.75, 3.05) is 25.6 Å². The molecule has 3 aromatic rings. The zero-order valence-electron chi connectivity index (χ0n) is 17.6. The van der Waals surface area contributed by atoms with Crippen LogP contribution in [0.1, 0.15) is 32.3 Å². The van der Waals surface area contributed by atoms with Gasteiger partial charge in [-0.15, -0.1) is 35.2 Å². The topological polar surface area (TPSA) is 83.6 Å². The van der Waals surface area contributed by atoms with E-state index in [1.54, 1.807) is 17.7 Å². The second-order valence-corrected chi connectivity index (χ2v) is 7.51. The predicted molar refractivity (Wildman–Crippen MR) is 124 cm³/mol. The number of ether oxygens (including phenoxy) is 1. The monoisotopic (exact) mass is 450 g/mol. The first-order valence-corrected chi connectivity index (χ1v) is 9.83. The molecule has 162 valence electrons. The first-order chi connectivity index (χ1) is 13.8. The Hall–Kier alpha value is -2.58. The summed E-state index contributed by atoms with van der Waals surface area (Å²) in [6, 6.07) is 8.82. The smallest absolute Gasteiger partial charge is 0.193 e. The summed E-state index contributed by atoms with van der Waals surface area (Å²) in [5.41, 5.74) is 2.89. The number of methoxy groups -OCH3 is 1. The normalized spacial score (nSPS) is 10.8. The molecule has 2 N–H and O–H groups in total. The quantitative estimate of drug-likeness (QED) is 0.474. The van der Waals surface area contributed by atoms with Crippen molar-refractivity contribution >= 4 is 30.7 Å². The predicted octanol–water partition coefficient (Wildman–Crippen LogP) is 4.64. The van der Waals surface area contributed by atoms with Gasteiger partial charge < -0.3 is 19.8 Å². The van der Waals surface area contributed by atoms with Gasteiger partial charge in [-0.05, 0) is 42.7 Å². The maximum atomic E-state index is 10.5. The second kappa shape index (κ2) is 9.49. The third-order valence-electron chi connectivity index (χ3n) is 4.96.